The van der Waals surface area contributed by atoms with E-state index < -0.39 is 12.2 Å². The van der Waals surface area contributed by atoms with Crippen LogP contribution in [-0.2, 0) is 6.54 Å². The van der Waals surface area contributed by atoms with E-state index in [2.05, 4.69) is 20.5 Å². The van der Waals surface area contributed by atoms with E-state index in [9.17, 15) is 13.2 Å². The van der Waals surface area contributed by atoms with Crippen LogP contribution in [0.4, 0.5) is 18.9 Å². The molecule has 0 saturated carbocycles. The van der Waals surface area contributed by atoms with Gasteiger partial charge in [-0.1, -0.05) is 44.2 Å². The molecule has 0 radical (unpaired) electrons. The third kappa shape index (κ3) is 6.64. The number of benzene rings is 2. The number of alkyl halides is 2. The minimum absolute atomic E-state index is 0.0684. The highest BCUT2D eigenvalue weighted by molar-refractivity contribution is 7.98. The summed E-state index contributed by atoms with van der Waals surface area (Å²) in [4.78, 5) is 0. The normalized spacial score (nSPS) is 15.9. The lowest BCUT2D eigenvalue weighted by Crippen LogP contribution is -2.35. The average Bonchev–Trinajstić information content (AvgIpc) is 3.38. The molecule has 0 N–H and O–H groups in total. The Kier molecular flexibility index (Phi) is 9.60. The fourth-order valence-electron chi connectivity index (χ4n) is 3.62. The van der Waals surface area contributed by atoms with Gasteiger partial charge in [0.1, 0.15) is 11.5 Å². The first-order valence-corrected chi connectivity index (χ1v) is 12.1. The molecule has 2 aliphatic heterocycles. The molecule has 2 aromatic carbocycles. The smallest absolute Gasteiger partial charge is 0.278 e. The Morgan fingerprint density at radius 2 is 1.82 bits per heavy atom. The van der Waals surface area contributed by atoms with Gasteiger partial charge in [0.25, 0.3) is 13.1 Å². The summed E-state index contributed by atoms with van der Waals surface area (Å²) in [6.07, 6.45) is -1.09. The van der Waals surface area contributed by atoms with E-state index in [-0.39, 0.29) is 18.8 Å². The maximum atomic E-state index is 15.0. The van der Waals surface area contributed by atoms with E-state index in [0.717, 1.165) is 31.4 Å². The molecular weight excluding hydrogens is 458 g/mol. The summed E-state index contributed by atoms with van der Waals surface area (Å²) in [7, 11) is 0. The Morgan fingerprint density at radius 1 is 1.12 bits per heavy atom. The van der Waals surface area contributed by atoms with Gasteiger partial charge in [0, 0.05) is 54.4 Å². The van der Waals surface area contributed by atoms with Crippen LogP contribution in [-0.4, -0.2) is 42.0 Å². The Morgan fingerprint density at radius 3 is 2.41 bits per heavy atom. The predicted molar refractivity (Wildman–Crippen MR) is 135 cm³/mol. The Bertz CT molecular complexity index is 1050. The number of halogens is 3. The molecule has 1 saturated heterocycles. The van der Waals surface area contributed by atoms with E-state index in [4.69, 9.17) is 5.26 Å². The van der Waals surface area contributed by atoms with Gasteiger partial charge >= 0.3 is 0 Å². The summed E-state index contributed by atoms with van der Waals surface area (Å²) >= 11 is 1.53. The molecule has 10 heteroatoms. The van der Waals surface area contributed by atoms with Gasteiger partial charge in [-0.3, -0.25) is 4.31 Å². The van der Waals surface area contributed by atoms with Crippen molar-refractivity contribution in [3.8, 4) is 5.97 Å². The van der Waals surface area contributed by atoms with Crippen molar-refractivity contribution in [1.29, 1.82) is 5.26 Å². The lowest BCUT2D eigenvalue weighted by molar-refractivity contribution is 0.224. The van der Waals surface area contributed by atoms with Gasteiger partial charge < -0.3 is 0 Å². The summed E-state index contributed by atoms with van der Waals surface area (Å²) in [5.41, 5.74) is 1.95. The minimum Gasteiger partial charge on any atom is -0.299 e. The van der Waals surface area contributed by atoms with Crippen LogP contribution < -0.4 is 4.31 Å². The second-order valence-corrected chi connectivity index (χ2v) is 8.83. The molecular formula is C24H27BF3N5S. The highest BCUT2D eigenvalue weighted by Crippen LogP contribution is 2.30. The van der Waals surface area contributed by atoms with Gasteiger partial charge in [0.05, 0.1) is 12.3 Å². The van der Waals surface area contributed by atoms with Crippen LogP contribution in [0, 0.1) is 17.0 Å². The fourth-order valence-corrected chi connectivity index (χ4v) is 4.69. The summed E-state index contributed by atoms with van der Waals surface area (Å²) < 4.78 is 44.8. The zero-order valence-electron chi connectivity index (χ0n) is 19.3. The number of rotatable bonds is 7. The SMILES string of the molecule is CC.N#CB1CCN(SN(Cc2ccc(C3=NN=C(C(F)F)C3)cc2F)c2ccccc2)CC1. The molecule has 1 fully saturated rings. The van der Waals surface area contributed by atoms with Crippen molar-refractivity contribution in [2.75, 3.05) is 17.4 Å². The van der Waals surface area contributed by atoms with E-state index in [0.29, 0.717) is 23.4 Å². The molecule has 0 aromatic heterocycles. The van der Waals surface area contributed by atoms with Crippen molar-refractivity contribution in [3.05, 3.63) is 65.5 Å². The number of anilines is 1. The van der Waals surface area contributed by atoms with Crippen LogP contribution in [0.15, 0.2) is 58.7 Å². The standard InChI is InChI=1S/C22H21BF3N5S.C2H6/c24-19-12-16(20-13-21(22(25)26)29-28-20)6-7-17(19)14-31(18-4-2-1-3-5-18)32-30-10-8-23(15-27)9-11-30;1-2/h1-7,12,22H,8-11,13-14H2;1-2H3. The average molecular weight is 485 g/mol. The molecule has 178 valence electrons. The van der Waals surface area contributed by atoms with Crippen LogP contribution in [0.3, 0.4) is 0 Å². The Labute approximate surface area is 203 Å². The van der Waals surface area contributed by atoms with E-state index in [1.165, 1.54) is 18.2 Å². The van der Waals surface area contributed by atoms with Crippen LogP contribution in [0.1, 0.15) is 31.4 Å². The van der Waals surface area contributed by atoms with Gasteiger partial charge in [-0.15, -0.1) is 0 Å². The van der Waals surface area contributed by atoms with Crippen LogP contribution >= 0.6 is 12.1 Å². The lowest BCUT2D eigenvalue weighted by Gasteiger charge is -2.33. The molecule has 0 spiro atoms. The van der Waals surface area contributed by atoms with E-state index in [1.807, 2.05) is 48.5 Å². The van der Waals surface area contributed by atoms with Gasteiger partial charge in [-0.25, -0.2) is 22.7 Å². The number of hydrogen-bond acceptors (Lipinski definition) is 6. The lowest BCUT2D eigenvalue weighted by atomic mass is 9.45. The molecule has 4 rings (SSSR count). The highest BCUT2D eigenvalue weighted by Gasteiger charge is 2.26. The molecule has 0 amide bonds. The zero-order valence-corrected chi connectivity index (χ0v) is 20.1. The van der Waals surface area contributed by atoms with Crippen molar-refractivity contribution in [3.63, 3.8) is 0 Å². The number of para-hydroxylation sites is 1. The maximum absolute atomic E-state index is 15.0. The van der Waals surface area contributed by atoms with Crippen LogP contribution in [0.25, 0.3) is 0 Å². The predicted octanol–water partition coefficient (Wildman–Crippen LogP) is 6.11. The third-order valence-corrected chi connectivity index (χ3v) is 6.63. The maximum Gasteiger partial charge on any atom is 0.278 e. The highest BCUT2D eigenvalue weighted by atomic mass is 32.2. The monoisotopic (exact) mass is 485 g/mol. The molecule has 2 heterocycles. The van der Waals surface area contributed by atoms with Crippen molar-refractivity contribution in [1.82, 2.24) is 4.31 Å². The quantitative estimate of drug-likeness (QED) is 0.351. The summed E-state index contributed by atoms with van der Waals surface area (Å²) in [5.74, 6) is 1.92. The largest absolute Gasteiger partial charge is 0.299 e. The first kappa shape index (κ1) is 25.9. The molecule has 34 heavy (non-hydrogen) atoms. The summed E-state index contributed by atoms with van der Waals surface area (Å²) in [6.45, 7) is 6.00. The number of hydrogen-bond donors (Lipinski definition) is 0. The molecule has 2 aliphatic rings. The van der Waals surface area contributed by atoms with Gasteiger partial charge in [-0.05, 0) is 30.8 Å². The molecule has 0 bridgehead atoms. The van der Waals surface area contributed by atoms with Crippen LogP contribution in [0.2, 0.25) is 12.6 Å². The Hall–Kier alpha value is -2.77. The molecule has 5 nitrogen and oxygen atoms in total. The van der Waals surface area contributed by atoms with Crippen molar-refractivity contribution >= 4 is 36.0 Å². The van der Waals surface area contributed by atoms with Crippen molar-refractivity contribution in [2.45, 2.75) is 45.9 Å². The molecule has 2 aromatic rings. The molecule has 0 unspecified atom stereocenters. The molecule has 0 atom stereocenters. The van der Waals surface area contributed by atoms with Gasteiger partial charge in [0.15, 0.2) is 0 Å². The first-order valence-electron chi connectivity index (χ1n) is 11.4. The Balaban J connectivity index is 0.00000158. The summed E-state index contributed by atoms with van der Waals surface area (Å²) in [5, 5.41) is 16.4. The van der Waals surface area contributed by atoms with E-state index >= 15 is 0 Å². The van der Waals surface area contributed by atoms with E-state index in [1.54, 1.807) is 12.1 Å². The topological polar surface area (TPSA) is 55.0 Å². The fraction of sp³-hybridized carbons (Fsp3) is 0.375. The number of nitrogens with zero attached hydrogens (tertiary/aromatic N) is 5. The first-order chi connectivity index (χ1) is 16.5. The van der Waals surface area contributed by atoms with Gasteiger partial charge in [-0.2, -0.15) is 10.2 Å². The second kappa shape index (κ2) is 12.6. The van der Waals surface area contributed by atoms with Crippen molar-refractivity contribution < 1.29 is 13.2 Å². The van der Waals surface area contributed by atoms with Gasteiger partial charge in [0.2, 0.25) is 0 Å². The minimum atomic E-state index is -2.66. The van der Waals surface area contributed by atoms with Crippen molar-refractivity contribution in [2.24, 2.45) is 10.2 Å². The zero-order chi connectivity index (χ0) is 24.5. The number of nitriles is 1. The third-order valence-electron chi connectivity index (χ3n) is 5.49. The van der Waals surface area contributed by atoms with Crippen LogP contribution in [0.5, 0.6) is 0 Å². The second-order valence-electron chi connectivity index (χ2n) is 7.71. The summed E-state index contributed by atoms with van der Waals surface area (Å²) in [6, 6.07) is 14.4. The molecule has 0 aliphatic carbocycles.